The van der Waals surface area contributed by atoms with E-state index in [0.29, 0.717) is 18.6 Å². The van der Waals surface area contributed by atoms with Gasteiger partial charge in [-0.2, -0.15) is 0 Å². The van der Waals surface area contributed by atoms with Gasteiger partial charge < -0.3 is 14.8 Å². The molecule has 0 spiro atoms. The average Bonchev–Trinajstić information content (AvgIpc) is 2.26. The molecule has 0 bridgehead atoms. The van der Waals surface area contributed by atoms with E-state index in [0.717, 1.165) is 25.7 Å². The number of hydrogen-bond acceptors (Lipinski definition) is 2. The van der Waals surface area contributed by atoms with Crippen molar-refractivity contribution in [1.29, 1.82) is 0 Å². The van der Waals surface area contributed by atoms with Crippen molar-refractivity contribution in [2.45, 2.75) is 70.7 Å². The maximum Gasteiger partial charge on any atom is 0.404 e. The van der Waals surface area contributed by atoms with Gasteiger partial charge in [-0.15, -0.1) is 0 Å². The van der Waals surface area contributed by atoms with E-state index in [9.17, 15) is 4.79 Å². The van der Waals surface area contributed by atoms with Gasteiger partial charge in [0.05, 0.1) is 0 Å². The van der Waals surface area contributed by atoms with Gasteiger partial charge in [0.25, 0.3) is 0 Å². The molecule has 1 fully saturated rings. The lowest BCUT2D eigenvalue weighted by atomic mass is 9.87. The molecule has 112 valence electrons. The molecule has 0 heterocycles. The Hall–Kier alpha value is -0.553. The van der Waals surface area contributed by atoms with Gasteiger partial charge in [0.2, 0.25) is 0 Å². The average molecular weight is 287 g/mol. The van der Waals surface area contributed by atoms with Crippen LogP contribution in [0.3, 0.4) is 0 Å². The molecule has 1 rings (SSSR count). The third kappa shape index (κ3) is 5.14. The lowest BCUT2D eigenvalue weighted by molar-refractivity contribution is 0.115. The van der Waals surface area contributed by atoms with Crippen LogP contribution in [0.1, 0.15) is 46.5 Å². The molecule has 1 aliphatic rings. The molecule has 0 aromatic carbocycles. The largest absolute Gasteiger partial charge is 0.465 e. The minimum atomic E-state index is -1.66. The summed E-state index contributed by atoms with van der Waals surface area (Å²) in [6.45, 7) is 12.0. The molecule has 2 N–H and O–H groups in total. The summed E-state index contributed by atoms with van der Waals surface area (Å²) < 4.78 is 6.42. The van der Waals surface area contributed by atoms with Crippen LogP contribution in [0.15, 0.2) is 0 Å². The minimum absolute atomic E-state index is 0.259. The Morgan fingerprint density at radius 3 is 2.21 bits per heavy atom. The standard InChI is InChI=1S/C14H29NO3Si/c1-14(2,3)19(4,5)18-12-8-6-11(7-9-12)10-15-13(16)17/h11-12,15H,6-10H2,1-5H3,(H,16,17). The van der Waals surface area contributed by atoms with Crippen molar-refractivity contribution in [3.63, 3.8) is 0 Å². The van der Waals surface area contributed by atoms with Crippen molar-refractivity contribution in [2.24, 2.45) is 5.92 Å². The number of nitrogens with one attached hydrogen (secondary N) is 1. The Labute approximate surface area is 118 Å². The predicted octanol–water partition coefficient (Wildman–Crippen LogP) is 3.83. The molecule has 4 nitrogen and oxygen atoms in total. The molecule has 0 aliphatic heterocycles. The van der Waals surface area contributed by atoms with E-state index in [2.05, 4.69) is 39.2 Å². The van der Waals surface area contributed by atoms with Gasteiger partial charge in [-0.25, -0.2) is 4.79 Å². The lowest BCUT2D eigenvalue weighted by Gasteiger charge is -2.41. The van der Waals surface area contributed by atoms with E-state index in [1.54, 1.807) is 0 Å². The highest BCUT2D eigenvalue weighted by atomic mass is 28.4. The summed E-state index contributed by atoms with van der Waals surface area (Å²) in [4.78, 5) is 10.5. The van der Waals surface area contributed by atoms with Crippen molar-refractivity contribution < 1.29 is 14.3 Å². The molecule has 0 aromatic rings. The summed E-state index contributed by atoms with van der Waals surface area (Å²) in [7, 11) is -1.66. The fraction of sp³-hybridized carbons (Fsp3) is 0.929. The molecule has 1 amide bonds. The van der Waals surface area contributed by atoms with Gasteiger partial charge in [-0.3, -0.25) is 0 Å². The molecule has 5 heteroatoms. The van der Waals surface area contributed by atoms with Crippen LogP contribution in [-0.4, -0.2) is 32.2 Å². The van der Waals surface area contributed by atoms with Gasteiger partial charge in [0.1, 0.15) is 0 Å². The molecule has 0 aromatic heterocycles. The zero-order valence-corrected chi connectivity index (χ0v) is 14.0. The van der Waals surface area contributed by atoms with Crippen LogP contribution in [0.4, 0.5) is 4.79 Å². The number of carbonyl (C=O) groups is 1. The number of hydrogen-bond donors (Lipinski definition) is 2. The van der Waals surface area contributed by atoms with Crippen LogP contribution in [0.2, 0.25) is 18.1 Å². The first-order chi connectivity index (χ1) is 8.62. The second-order valence-corrected chi connectivity index (χ2v) is 12.0. The highest BCUT2D eigenvalue weighted by Crippen LogP contribution is 2.39. The molecule has 19 heavy (non-hydrogen) atoms. The highest BCUT2D eigenvalue weighted by Gasteiger charge is 2.39. The van der Waals surface area contributed by atoms with Crippen LogP contribution in [-0.2, 0) is 4.43 Å². The Kier molecular flexibility index (Phi) is 5.44. The topological polar surface area (TPSA) is 58.6 Å². The van der Waals surface area contributed by atoms with Gasteiger partial charge in [-0.05, 0) is 49.7 Å². The van der Waals surface area contributed by atoms with Crippen LogP contribution >= 0.6 is 0 Å². The van der Waals surface area contributed by atoms with Crippen molar-refractivity contribution in [1.82, 2.24) is 5.32 Å². The fourth-order valence-electron chi connectivity index (χ4n) is 2.28. The zero-order valence-electron chi connectivity index (χ0n) is 13.0. The molecule has 0 radical (unpaired) electrons. The zero-order chi connectivity index (χ0) is 14.7. The fourth-order valence-corrected chi connectivity index (χ4v) is 3.70. The third-order valence-corrected chi connectivity index (χ3v) is 9.14. The van der Waals surface area contributed by atoms with Crippen LogP contribution in [0.5, 0.6) is 0 Å². The van der Waals surface area contributed by atoms with Gasteiger partial charge in [-0.1, -0.05) is 20.8 Å². The van der Waals surface area contributed by atoms with Crippen LogP contribution in [0, 0.1) is 5.92 Å². The normalized spacial score (nSPS) is 25.1. The van der Waals surface area contributed by atoms with Gasteiger partial charge >= 0.3 is 6.09 Å². The van der Waals surface area contributed by atoms with E-state index in [1.165, 1.54) is 0 Å². The van der Waals surface area contributed by atoms with E-state index in [4.69, 9.17) is 9.53 Å². The maximum atomic E-state index is 10.5. The monoisotopic (exact) mass is 287 g/mol. The molecule has 1 aliphatic carbocycles. The Morgan fingerprint density at radius 2 is 1.79 bits per heavy atom. The van der Waals surface area contributed by atoms with E-state index < -0.39 is 14.4 Å². The lowest BCUT2D eigenvalue weighted by Crippen LogP contribution is -2.45. The Bertz CT molecular complexity index is 304. The van der Waals surface area contributed by atoms with E-state index in [-0.39, 0.29) is 5.04 Å². The summed E-state index contributed by atoms with van der Waals surface area (Å²) in [6.07, 6.45) is 3.73. The Morgan fingerprint density at radius 1 is 1.26 bits per heavy atom. The summed E-state index contributed by atoms with van der Waals surface area (Å²) in [5.74, 6) is 0.482. The van der Waals surface area contributed by atoms with Crippen LogP contribution in [0.25, 0.3) is 0 Å². The molecule has 1 saturated carbocycles. The third-order valence-electron chi connectivity index (χ3n) is 4.60. The minimum Gasteiger partial charge on any atom is -0.465 e. The van der Waals surface area contributed by atoms with Crippen LogP contribution < -0.4 is 5.32 Å². The summed E-state index contributed by atoms with van der Waals surface area (Å²) in [5, 5.41) is 11.4. The van der Waals surface area contributed by atoms with E-state index >= 15 is 0 Å². The molecule has 0 saturated heterocycles. The van der Waals surface area contributed by atoms with Crippen molar-refractivity contribution in [2.75, 3.05) is 6.54 Å². The van der Waals surface area contributed by atoms with Crippen molar-refractivity contribution in [3.05, 3.63) is 0 Å². The second kappa shape index (κ2) is 6.26. The van der Waals surface area contributed by atoms with Gasteiger partial charge in [0.15, 0.2) is 8.32 Å². The number of rotatable bonds is 4. The maximum absolute atomic E-state index is 10.5. The van der Waals surface area contributed by atoms with Crippen molar-refractivity contribution >= 4 is 14.4 Å². The molecule has 0 atom stereocenters. The summed E-state index contributed by atoms with van der Waals surface area (Å²) >= 11 is 0. The molecular weight excluding hydrogens is 258 g/mol. The summed E-state index contributed by atoms with van der Waals surface area (Å²) in [5.41, 5.74) is 0. The molecular formula is C14H29NO3Si. The first-order valence-electron chi connectivity index (χ1n) is 7.26. The SMILES string of the molecule is CC(C)(C)[Si](C)(C)OC1CCC(CNC(=O)O)CC1. The smallest absolute Gasteiger partial charge is 0.404 e. The Balaban J connectivity index is 2.36. The first kappa shape index (κ1) is 16.5. The number of amides is 1. The van der Waals surface area contributed by atoms with Crippen molar-refractivity contribution in [3.8, 4) is 0 Å². The predicted molar refractivity (Wildman–Crippen MR) is 80.1 cm³/mol. The van der Waals surface area contributed by atoms with Gasteiger partial charge in [0, 0.05) is 12.6 Å². The highest BCUT2D eigenvalue weighted by molar-refractivity contribution is 6.74. The first-order valence-corrected chi connectivity index (χ1v) is 10.2. The summed E-state index contributed by atoms with van der Waals surface area (Å²) in [6, 6.07) is 0. The number of carboxylic acid groups (broad SMARTS) is 1. The second-order valence-electron chi connectivity index (χ2n) is 7.21. The molecule has 0 unspecified atom stereocenters. The quantitative estimate of drug-likeness (QED) is 0.772. The van der Waals surface area contributed by atoms with E-state index in [1.807, 2.05) is 0 Å².